The Kier molecular flexibility index (Phi) is 7.53. The number of amides is 1. The van der Waals surface area contributed by atoms with Gasteiger partial charge >= 0.3 is 0 Å². The Labute approximate surface area is 205 Å². The van der Waals surface area contributed by atoms with Gasteiger partial charge < -0.3 is 25.8 Å². The number of aliphatic hydroxyl groups excluding tert-OH is 1. The van der Waals surface area contributed by atoms with Crippen LogP contribution < -0.4 is 16.0 Å². The first-order valence-electron chi connectivity index (χ1n) is 11.3. The number of piperidine rings is 1. The molecule has 1 aromatic carbocycles. The second-order valence-corrected chi connectivity index (χ2v) is 8.78. The molecule has 1 aliphatic rings. The number of nitrogens with one attached hydrogen (secondary N) is 1. The Morgan fingerprint density at radius 3 is 2.58 bits per heavy atom. The highest BCUT2D eigenvalue weighted by Gasteiger charge is 2.32. The normalized spacial score (nSPS) is 19.9. The lowest BCUT2D eigenvalue weighted by molar-refractivity contribution is 0.0785. The second-order valence-electron chi connectivity index (χ2n) is 8.78. The molecule has 190 valence electrons. The van der Waals surface area contributed by atoms with Crippen LogP contribution in [0.1, 0.15) is 23.0 Å². The summed E-state index contributed by atoms with van der Waals surface area (Å²) in [5.74, 6) is -3.87. The number of ether oxygens (including phenoxy) is 1. The Hall–Kier alpha value is -3.54. The number of aromatic nitrogens is 2. The van der Waals surface area contributed by atoms with E-state index in [4.69, 9.17) is 10.5 Å². The van der Waals surface area contributed by atoms with E-state index in [-0.39, 0.29) is 23.8 Å². The van der Waals surface area contributed by atoms with Crippen LogP contribution in [0.15, 0.2) is 42.7 Å². The fourth-order valence-electron chi connectivity index (χ4n) is 4.30. The van der Waals surface area contributed by atoms with E-state index in [1.165, 1.54) is 13.3 Å². The molecule has 0 saturated carbocycles. The number of carbonyl (C=O) groups excluding carboxylic acids is 1. The molecule has 8 nitrogen and oxygen atoms in total. The Morgan fingerprint density at radius 1 is 1.19 bits per heavy atom. The van der Waals surface area contributed by atoms with E-state index in [2.05, 4.69) is 15.3 Å². The molecule has 0 aliphatic carbocycles. The third-order valence-corrected chi connectivity index (χ3v) is 6.08. The predicted octanol–water partition coefficient (Wildman–Crippen LogP) is 3.10. The first-order valence-corrected chi connectivity index (χ1v) is 11.3. The lowest BCUT2D eigenvalue weighted by Gasteiger charge is -2.40. The lowest BCUT2D eigenvalue weighted by atomic mass is 9.92. The summed E-state index contributed by atoms with van der Waals surface area (Å²) in [6.07, 6.45) is 2.35. The van der Waals surface area contributed by atoms with Gasteiger partial charge in [0.1, 0.15) is 28.8 Å². The highest BCUT2D eigenvalue weighted by atomic mass is 19.1. The number of pyridine rings is 2. The maximum absolute atomic E-state index is 14.7. The van der Waals surface area contributed by atoms with E-state index < -0.39 is 46.8 Å². The molecule has 3 heterocycles. The number of hydrogen-bond donors (Lipinski definition) is 3. The van der Waals surface area contributed by atoms with E-state index in [1.807, 2.05) is 11.8 Å². The van der Waals surface area contributed by atoms with Crippen molar-refractivity contribution in [2.45, 2.75) is 25.7 Å². The summed E-state index contributed by atoms with van der Waals surface area (Å²) in [6, 6.07) is 5.32. The first kappa shape index (κ1) is 25.5. The fourth-order valence-corrected chi connectivity index (χ4v) is 4.30. The highest BCUT2D eigenvalue weighted by molar-refractivity contribution is 6.04. The maximum Gasteiger partial charge on any atom is 0.274 e. The van der Waals surface area contributed by atoms with Crippen LogP contribution in [-0.4, -0.2) is 53.3 Å². The Bertz CT molecular complexity index is 1240. The summed E-state index contributed by atoms with van der Waals surface area (Å²) >= 11 is 0. The van der Waals surface area contributed by atoms with Crippen molar-refractivity contribution in [3.05, 3.63) is 71.4 Å². The van der Waals surface area contributed by atoms with E-state index in [1.54, 1.807) is 12.3 Å². The quantitative estimate of drug-likeness (QED) is 0.476. The molecule has 0 radical (unpaired) electrons. The van der Waals surface area contributed by atoms with Gasteiger partial charge in [0.05, 0.1) is 35.8 Å². The van der Waals surface area contributed by atoms with Gasteiger partial charge in [-0.05, 0) is 35.9 Å². The lowest BCUT2D eigenvalue weighted by Crippen LogP contribution is -2.55. The van der Waals surface area contributed by atoms with Crippen LogP contribution in [-0.2, 0) is 11.3 Å². The zero-order valence-corrected chi connectivity index (χ0v) is 19.7. The molecule has 3 aromatic rings. The molecule has 0 spiro atoms. The summed E-state index contributed by atoms with van der Waals surface area (Å²) < 4.78 is 48.8. The zero-order chi connectivity index (χ0) is 26.0. The topological polar surface area (TPSA) is 114 Å². The van der Waals surface area contributed by atoms with Crippen molar-refractivity contribution in [3.63, 3.8) is 0 Å². The number of aliphatic hydroxyl groups is 1. The first-order chi connectivity index (χ1) is 17.2. The van der Waals surface area contributed by atoms with Gasteiger partial charge in [0.2, 0.25) is 0 Å². The van der Waals surface area contributed by atoms with Gasteiger partial charge in [-0.15, -0.1) is 0 Å². The average Bonchev–Trinajstić information content (AvgIpc) is 2.83. The fraction of sp³-hybridized carbons (Fsp3) is 0.320. The van der Waals surface area contributed by atoms with Crippen molar-refractivity contribution < 1.29 is 27.8 Å². The van der Waals surface area contributed by atoms with Crippen molar-refractivity contribution >= 4 is 17.3 Å². The van der Waals surface area contributed by atoms with E-state index in [9.17, 15) is 23.1 Å². The molecular weight excluding hydrogens is 475 g/mol. The molecule has 4 rings (SSSR count). The molecule has 1 aliphatic heterocycles. The maximum atomic E-state index is 14.7. The molecule has 3 atom stereocenters. The Morgan fingerprint density at radius 2 is 1.92 bits per heavy atom. The average molecular weight is 502 g/mol. The largest absolute Gasteiger partial charge is 0.391 e. The number of nitrogens with two attached hydrogens (primary N) is 1. The van der Waals surface area contributed by atoms with Crippen molar-refractivity contribution in [1.82, 2.24) is 9.97 Å². The van der Waals surface area contributed by atoms with Crippen LogP contribution in [0.4, 0.5) is 24.5 Å². The number of hydrogen-bond acceptors (Lipinski definition) is 7. The van der Waals surface area contributed by atoms with Gasteiger partial charge in [-0.1, -0.05) is 6.92 Å². The number of rotatable bonds is 6. The van der Waals surface area contributed by atoms with Crippen LogP contribution in [0.25, 0.3) is 11.3 Å². The molecular formula is C25H26F3N5O3. The standard InChI is InChI=1S/C25H26F3N5O3/c1-13-10-33(11-18(29)24(13)34)21-5-6-30-9-20(21)32-25(35)19-4-3-15(26)23(31-19)22-16(27)7-14(12-36-2)8-17(22)28/h3-9,13,18,24,34H,10-12,29H2,1-2H3,(H,32,35)/t13-,18+,24+/m0/s1. The third kappa shape index (κ3) is 5.18. The van der Waals surface area contributed by atoms with Crippen LogP contribution >= 0.6 is 0 Å². The monoisotopic (exact) mass is 501 g/mol. The molecule has 1 amide bonds. The van der Waals surface area contributed by atoms with Crippen LogP contribution in [0.3, 0.4) is 0 Å². The number of halogens is 3. The summed E-state index contributed by atoms with van der Waals surface area (Å²) in [5, 5.41) is 12.8. The van der Waals surface area contributed by atoms with Crippen LogP contribution in [0.2, 0.25) is 0 Å². The molecule has 2 aromatic heterocycles. The number of nitrogens with zero attached hydrogens (tertiary/aromatic N) is 3. The van der Waals surface area contributed by atoms with E-state index in [0.717, 1.165) is 24.3 Å². The third-order valence-electron chi connectivity index (χ3n) is 6.08. The summed E-state index contributed by atoms with van der Waals surface area (Å²) in [5.41, 5.74) is 5.70. The predicted molar refractivity (Wildman–Crippen MR) is 128 cm³/mol. The minimum absolute atomic E-state index is 0.0282. The van der Waals surface area contributed by atoms with Gasteiger partial charge in [0.25, 0.3) is 5.91 Å². The molecule has 0 unspecified atom stereocenters. The minimum Gasteiger partial charge on any atom is -0.391 e. The van der Waals surface area contributed by atoms with Gasteiger partial charge in [-0.2, -0.15) is 0 Å². The molecule has 0 bridgehead atoms. The van der Waals surface area contributed by atoms with Gasteiger partial charge in [0.15, 0.2) is 0 Å². The van der Waals surface area contributed by atoms with Gasteiger partial charge in [-0.3, -0.25) is 9.78 Å². The van der Waals surface area contributed by atoms with Crippen LogP contribution in [0, 0.1) is 23.4 Å². The van der Waals surface area contributed by atoms with Gasteiger partial charge in [0, 0.05) is 38.4 Å². The second kappa shape index (κ2) is 10.6. The number of carbonyl (C=O) groups is 1. The molecule has 1 saturated heterocycles. The summed E-state index contributed by atoms with van der Waals surface area (Å²) in [7, 11) is 1.38. The molecule has 1 fully saturated rings. The number of methoxy groups -OCH3 is 1. The number of anilines is 2. The molecule has 4 N–H and O–H groups in total. The summed E-state index contributed by atoms with van der Waals surface area (Å²) in [6.45, 7) is 2.70. The van der Waals surface area contributed by atoms with Crippen molar-refractivity contribution in [2.75, 3.05) is 30.4 Å². The smallest absolute Gasteiger partial charge is 0.274 e. The van der Waals surface area contributed by atoms with Crippen molar-refractivity contribution in [1.29, 1.82) is 0 Å². The van der Waals surface area contributed by atoms with Gasteiger partial charge in [-0.25, -0.2) is 18.2 Å². The van der Waals surface area contributed by atoms with Crippen molar-refractivity contribution in [2.24, 2.45) is 11.7 Å². The minimum atomic E-state index is -1.03. The molecule has 11 heteroatoms. The zero-order valence-electron chi connectivity index (χ0n) is 19.7. The van der Waals surface area contributed by atoms with Crippen LogP contribution in [0.5, 0.6) is 0 Å². The van der Waals surface area contributed by atoms with Crippen molar-refractivity contribution in [3.8, 4) is 11.3 Å². The highest BCUT2D eigenvalue weighted by Crippen LogP contribution is 2.31. The van der Waals surface area contributed by atoms with E-state index in [0.29, 0.717) is 24.5 Å². The Balaban J connectivity index is 1.63. The number of benzene rings is 1. The van der Waals surface area contributed by atoms with E-state index >= 15 is 0 Å². The summed E-state index contributed by atoms with van der Waals surface area (Å²) in [4.78, 5) is 22.9. The SMILES string of the molecule is COCc1cc(F)c(-c2nc(C(=O)Nc3cnccc3N3C[C@@H](N)[C@H](O)[C@@H](C)C3)ccc2F)c(F)c1. The molecule has 36 heavy (non-hydrogen) atoms.